The van der Waals surface area contributed by atoms with E-state index in [0.29, 0.717) is 38.3 Å². The number of nitrogens with two attached hydrogens (primary N) is 1. The van der Waals surface area contributed by atoms with E-state index < -0.39 is 12.1 Å². The van der Waals surface area contributed by atoms with Gasteiger partial charge in [0.1, 0.15) is 0 Å². The predicted octanol–water partition coefficient (Wildman–Crippen LogP) is 0.746. The molecule has 6 nitrogen and oxygen atoms in total. The fourth-order valence-electron chi connectivity index (χ4n) is 2.53. The minimum atomic E-state index is -0.932. The first-order chi connectivity index (χ1) is 9.42. The monoisotopic (exact) mass is 286 g/mol. The van der Waals surface area contributed by atoms with E-state index in [1.165, 1.54) is 0 Å². The van der Waals surface area contributed by atoms with E-state index in [1.54, 1.807) is 0 Å². The molecule has 0 bridgehead atoms. The quantitative estimate of drug-likeness (QED) is 0.611. The summed E-state index contributed by atoms with van der Waals surface area (Å²) in [5, 5.41) is 11.6. The summed E-state index contributed by atoms with van der Waals surface area (Å²) in [5.74, 6) is -0.250. The molecule has 1 saturated heterocycles. The fraction of sp³-hybridized carbons (Fsp3) is 0.857. The predicted molar refractivity (Wildman–Crippen MR) is 75.2 cm³/mol. The Labute approximate surface area is 120 Å². The fourth-order valence-corrected chi connectivity index (χ4v) is 2.53. The van der Waals surface area contributed by atoms with Gasteiger partial charge < -0.3 is 20.9 Å². The van der Waals surface area contributed by atoms with E-state index >= 15 is 0 Å². The molecule has 0 aromatic heterocycles. The molecule has 1 aliphatic heterocycles. The van der Waals surface area contributed by atoms with Crippen LogP contribution in [-0.2, 0) is 14.3 Å². The molecule has 0 aromatic carbocycles. The van der Waals surface area contributed by atoms with Gasteiger partial charge in [0, 0.05) is 13.0 Å². The van der Waals surface area contributed by atoms with Crippen molar-refractivity contribution in [1.29, 1.82) is 0 Å². The first-order valence-corrected chi connectivity index (χ1v) is 7.27. The number of rotatable bonds is 8. The number of aliphatic carboxylic acids is 1. The van der Waals surface area contributed by atoms with Crippen LogP contribution in [0, 0.1) is 11.8 Å². The van der Waals surface area contributed by atoms with Gasteiger partial charge in [-0.05, 0) is 37.6 Å². The maximum absolute atomic E-state index is 11.8. The van der Waals surface area contributed by atoms with Crippen LogP contribution in [0.15, 0.2) is 0 Å². The largest absolute Gasteiger partial charge is 0.479 e. The molecule has 3 unspecified atom stereocenters. The number of hydrogen-bond acceptors (Lipinski definition) is 4. The average molecular weight is 286 g/mol. The van der Waals surface area contributed by atoms with Gasteiger partial charge in [0.05, 0.1) is 6.10 Å². The van der Waals surface area contributed by atoms with E-state index in [1.807, 2.05) is 0 Å². The Morgan fingerprint density at radius 1 is 1.40 bits per heavy atom. The molecule has 1 amide bonds. The summed E-state index contributed by atoms with van der Waals surface area (Å²) in [6, 6.07) is 0. The third-order valence-electron chi connectivity index (χ3n) is 3.52. The van der Waals surface area contributed by atoms with Gasteiger partial charge in [0.25, 0.3) is 0 Å². The van der Waals surface area contributed by atoms with Crippen LogP contribution in [0.1, 0.15) is 39.5 Å². The number of ether oxygens (including phenoxy) is 1. The van der Waals surface area contributed by atoms with Gasteiger partial charge in [-0.15, -0.1) is 0 Å². The van der Waals surface area contributed by atoms with Crippen LogP contribution in [-0.4, -0.2) is 42.3 Å². The number of carboxylic acid groups (broad SMARTS) is 1. The maximum atomic E-state index is 11.8. The second-order valence-electron chi connectivity index (χ2n) is 5.90. The van der Waals surface area contributed by atoms with Crippen molar-refractivity contribution < 1.29 is 19.4 Å². The van der Waals surface area contributed by atoms with Gasteiger partial charge in [-0.3, -0.25) is 4.79 Å². The van der Waals surface area contributed by atoms with Crippen molar-refractivity contribution in [3.8, 4) is 0 Å². The third kappa shape index (κ3) is 5.88. The van der Waals surface area contributed by atoms with Crippen molar-refractivity contribution in [3.63, 3.8) is 0 Å². The smallest absolute Gasteiger partial charge is 0.332 e. The Bertz CT molecular complexity index is 333. The molecule has 20 heavy (non-hydrogen) atoms. The third-order valence-corrected chi connectivity index (χ3v) is 3.52. The lowest BCUT2D eigenvalue weighted by Gasteiger charge is -2.17. The Hall–Kier alpha value is -1.14. The molecule has 0 radical (unpaired) electrons. The highest BCUT2D eigenvalue weighted by Crippen LogP contribution is 2.19. The molecule has 1 fully saturated rings. The molecule has 0 spiro atoms. The molecule has 1 aliphatic rings. The number of nitrogens with one attached hydrogen (secondary N) is 1. The zero-order valence-electron chi connectivity index (χ0n) is 12.3. The number of carbonyl (C=O) groups is 2. The Morgan fingerprint density at radius 2 is 2.10 bits per heavy atom. The molecule has 4 N–H and O–H groups in total. The molecular formula is C14H26N2O4. The zero-order chi connectivity index (χ0) is 15.1. The molecule has 0 aliphatic carbocycles. The first kappa shape index (κ1) is 16.9. The summed E-state index contributed by atoms with van der Waals surface area (Å²) in [6.45, 7) is 5.10. The van der Waals surface area contributed by atoms with Crippen molar-refractivity contribution in [3.05, 3.63) is 0 Å². The number of carbonyl (C=O) groups excluding carboxylic acids is 1. The average Bonchev–Trinajstić information content (AvgIpc) is 2.84. The molecule has 1 heterocycles. The van der Waals surface area contributed by atoms with Crippen molar-refractivity contribution >= 4 is 11.9 Å². The molecular weight excluding hydrogens is 260 g/mol. The lowest BCUT2D eigenvalue weighted by atomic mass is 9.94. The van der Waals surface area contributed by atoms with Crippen LogP contribution in [0.2, 0.25) is 0 Å². The number of carboxylic acids is 1. The van der Waals surface area contributed by atoms with Crippen LogP contribution in [0.25, 0.3) is 0 Å². The maximum Gasteiger partial charge on any atom is 0.332 e. The van der Waals surface area contributed by atoms with Crippen molar-refractivity contribution in [1.82, 2.24) is 5.32 Å². The SMILES string of the molecule is CC(C)CC(CN)CC(=O)NCC1CCC(C(=O)O)O1. The van der Waals surface area contributed by atoms with Gasteiger partial charge in [-0.2, -0.15) is 0 Å². The second-order valence-corrected chi connectivity index (χ2v) is 5.90. The van der Waals surface area contributed by atoms with Gasteiger partial charge in [0.2, 0.25) is 5.91 Å². The van der Waals surface area contributed by atoms with Gasteiger partial charge >= 0.3 is 5.97 Å². The normalized spacial score (nSPS) is 23.8. The van der Waals surface area contributed by atoms with Crippen LogP contribution in [0.5, 0.6) is 0 Å². The Morgan fingerprint density at radius 3 is 2.60 bits per heavy atom. The van der Waals surface area contributed by atoms with E-state index in [0.717, 1.165) is 6.42 Å². The highest BCUT2D eigenvalue weighted by molar-refractivity contribution is 5.76. The standard InChI is InChI=1S/C14H26N2O4/c1-9(2)5-10(7-15)6-13(17)16-8-11-3-4-12(20-11)14(18)19/h9-12H,3-8,15H2,1-2H3,(H,16,17)(H,18,19). The Kier molecular flexibility index (Phi) is 6.95. The van der Waals surface area contributed by atoms with Crippen molar-refractivity contribution in [2.24, 2.45) is 17.6 Å². The molecule has 1 rings (SSSR count). The first-order valence-electron chi connectivity index (χ1n) is 7.27. The summed E-state index contributed by atoms with van der Waals surface area (Å²) in [7, 11) is 0. The lowest BCUT2D eigenvalue weighted by molar-refractivity contribution is -0.149. The number of hydrogen-bond donors (Lipinski definition) is 3. The molecule has 0 aromatic rings. The minimum absolute atomic E-state index is 0.0384. The van der Waals surface area contributed by atoms with Gasteiger partial charge in [-0.25, -0.2) is 4.79 Å². The molecule has 6 heteroatoms. The Balaban J connectivity index is 2.24. The minimum Gasteiger partial charge on any atom is -0.479 e. The lowest BCUT2D eigenvalue weighted by Crippen LogP contribution is -2.35. The van der Waals surface area contributed by atoms with Crippen molar-refractivity contribution in [2.45, 2.75) is 51.7 Å². The highest BCUT2D eigenvalue weighted by Gasteiger charge is 2.30. The van der Waals surface area contributed by atoms with Crippen LogP contribution in [0.3, 0.4) is 0 Å². The summed E-state index contributed by atoms with van der Waals surface area (Å²) >= 11 is 0. The number of amides is 1. The second kappa shape index (κ2) is 8.21. The summed E-state index contributed by atoms with van der Waals surface area (Å²) in [6.07, 6.45) is 1.61. The highest BCUT2D eigenvalue weighted by atomic mass is 16.5. The summed E-state index contributed by atoms with van der Waals surface area (Å²) in [4.78, 5) is 22.6. The van der Waals surface area contributed by atoms with Gasteiger partial charge in [-0.1, -0.05) is 13.8 Å². The van der Waals surface area contributed by atoms with Crippen LogP contribution < -0.4 is 11.1 Å². The molecule has 0 saturated carbocycles. The summed E-state index contributed by atoms with van der Waals surface area (Å²) < 4.78 is 5.33. The van der Waals surface area contributed by atoms with Crippen LogP contribution in [0.4, 0.5) is 0 Å². The summed E-state index contributed by atoms with van der Waals surface area (Å²) in [5.41, 5.74) is 5.67. The van der Waals surface area contributed by atoms with E-state index in [4.69, 9.17) is 15.6 Å². The van der Waals surface area contributed by atoms with Crippen LogP contribution >= 0.6 is 0 Å². The topological polar surface area (TPSA) is 102 Å². The zero-order valence-corrected chi connectivity index (χ0v) is 12.3. The molecule has 3 atom stereocenters. The van der Waals surface area contributed by atoms with E-state index in [2.05, 4.69) is 19.2 Å². The molecule has 116 valence electrons. The van der Waals surface area contributed by atoms with Crippen molar-refractivity contribution in [2.75, 3.05) is 13.1 Å². The van der Waals surface area contributed by atoms with Gasteiger partial charge in [0.15, 0.2) is 6.10 Å². The van der Waals surface area contributed by atoms with E-state index in [-0.39, 0.29) is 17.9 Å². The van der Waals surface area contributed by atoms with E-state index in [9.17, 15) is 9.59 Å².